The average molecular weight is 476 g/mol. The van der Waals surface area contributed by atoms with Gasteiger partial charge in [-0.3, -0.25) is 4.79 Å². The first kappa shape index (κ1) is 21.6. The van der Waals surface area contributed by atoms with E-state index >= 15 is 0 Å². The fraction of sp³-hybridized carbons (Fsp3) is 0.0800. The third-order valence-electron chi connectivity index (χ3n) is 5.06. The molecule has 5 rings (SSSR count). The topological polar surface area (TPSA) is 78.9 Å². The Morgan fingerprint density at radius 2 is 1.79 bits per heavy atom. The number of rotatable bonds is 6. The highest BCUT2D eigenvalue weighted by atomic mass is 32.1. The van der Waals surface area contributed by atoms with Gasteiger partial charge < -0.3 is 13.9 Å². The molecule has 0 N–H and O–H groups in total. The summed E-state index contributed by atoms with van der Waals surface area (Å²) in [5.41, 5.74) is 1.34. The van der Waals surface area contributed by atoms with Gasteiger partial charge in [0.2, 0.25) is 4.96 Å². The molecule has 0 atom stereocenters. The second-order valence-corrected chi connectivity index (χ2v) is 8.25. The van der Waals surface area contributed by atoms with Gasteiger partial charge in [-0.25, -0.2) is 4.39 Å². The van der Waals surface area contributed by atoms with Crippen molar-refractivity contribution in [3.05, 3.63) is 92.4 Å². The van der Waals surface area contributed by atoms with Crippen molar-refractivity contribution in [2.45, 2.75) is 0 Å². The van der Waals surface area contributed by atoms with Crippen LogP contribution in [0.15, 0.2) is 63.8 Å². The van der Waals surface area contributed by atoms with Crippen LogP contribution in [-0.2, 0) is 0 Å². The van der Waals surface area contributed by atoms with Crippen LogP contribution >= 0.6 is 11.3 Å². The van der Waals surface area contributed by atoms with Crippen molar-refractivity contribution in [2.75, 3.05) is 14.2 Å². The molecule has 0 unspecified atom stereocenters. The van der Waals surface area contributed by atoms with E-state index in [1.165, 1.54) is 28.0 Å². The molecule has 5 aromatic rings. The molecule has 0 radical (unpaired) electrons. The monoisotopic (exact) mass is 475 g/mol. The summed E-state index contributed by atoms with van der Waals surface area (Å²) in [5, 5.41) is 4.30. The highest BCUT2D eigenvalue weighted by molar-refractivity contribution is 7.15. The Labute approximate surface area is 197 Å². The number of thiazole rings is 1. The first-order valence-electron chi connectivity index (χ1n) is 10.2. The van der Waals surface area contributed by atoms with Crippen LogP contribution in [0.2, 0.25) is 0 Å². The van der Waals surface area contributed by atoms with E-state index in [1.54, 1.807) is 50.6 Å². The second-order valence-electron chi connectivity index (χ2n) is 7.24. The maximum absolute atomic E-state index is 13.1. The number of methoxy groups -OCH3 is 2. The van der Waals surface area contributed by atoms with Gasteiger partial charge in [-0.15, -0.1) is 5.10 Å². The minimum atomic E-state index is -0.314. The van der Waals surface area contributed by atoms with Crippen molar-refractivity contribution < 1.29 is 18.3 Å². The first-order valence-corrected chi connectivity index (χ1v) is 11.0. The summed E-state index contributed by atoms with van der Waals surface area (Å²) in [6.07, 6.45) is 5.21. The van der Waals surface area contributed by atoms with Crippen molar-refractivity contribution in [3.8, 4) is 22.8 Å². The van der Waals surface area contributed by atoms with Crippen LogP contribution in [0.25, 0.3) is 34.5 Å². The average Bonchev–Trinajstić information content (AvgIpc) is 3.55. The number of nitrogens with zero attached hydrogens (tertiary/aromatic N) is 3. The molecule has 7 nitrogen and oxygen atoms in total. The normalized spacial score (nSPS) is 12.1. The highest BCUT2D eigenvalue weighted by Gasteiger charge is 2.10. The van der Waals surface area contributed by atoms with E-state index in [1.807, 2.05) is 24.3 Å². The minimum Gasteiger partial charge on any atom is -0.493 e. The molecule has 0 bridgehead atoms. The fourth-order valence-corrected chi connectivity index (χ4v) is 4.27. The molecular weight excluding hydrogens is 457 g/mol. The standard InChI is InChI=1S/C25H18FN3O4S/c1-31-20-10-3-15(13-21(20)32-2)4-12-23-27-25-29(28-23)24(30)22(34-25)14-18-9-11-19(33-18)16-5-7-17(26)8-6-16/h3-14H,1-2H3/b12-4+,22-14-. The number of hydrogen-bond acceptors (Lipinski definition) is 7. The Balaban J connectivity index is 1.40. The van der Waals surface area contributed by atoms with E-state index in [-0.39, 0.29) is 11.4 Å². The van der Waals surface area contributed by atoms with Crippen molar-refractivity contribution in [3.63, 3.8) is 0 Å². The van der Waals surface area contributed by atoms with Gasteiger partial charge >= 0.3 is 0 Å². The Morgan fingerprint density at radius 3 is 2.53 bits per heavy atom. The number of fused-ring (bicyclic) bond motifs is 1. The summed E-state index contributed by atoms with van der Waals surface area (Å²) in [5.74, 6) is 2.45. The van der Waals surface area contributed by atoms with Gasteiger partial charge in [-0.05, 0) is 60.2 Å². The maximum atomic E-state index is 13.1. The molecule has 0 amide bonds. The van der Waals surface area contributed by atoms with Crippen LogP contribution in [0.3, 0.4) is 0 Å². The van der Waals surface area contributed by atoms with Crippen LogP contribution < -0.4 is 19.6 Å². The zero-order chi connectivity index (χ0) is 23.7. The number of aromatic nitrogens is 3. The number of hydrogen-bond donors (Lipinski definition) is 0. The molecule has 3 heterocycles. The molecule has 0 spiro atoms. The quantitative estimate of drug-likeness (QED) is 0.365. The molecule has 2 aromatic carbocycles. The Hall–Kier alpha value is -4.24. The van der Waals surface area contributed by atoms with E-state index in [0.717, 1.165) is 11.1 Å². The van der Waals surface area contributed by atoms with Crippen molar-refractivity contribution in [1.29, 1.82) is 0 Å². The lowest BCUT2D eigenvalue weighted by atomic mass is 10.2. The third-order valence-corrected chi connectivity index (χ3v) is 6.02. The van der Waals surface area contributed by atoms with E-state index in [0.29, 0.717) is 38.3 Å². The molecule has 0 aliphatic carbocycles. The second kappa shape index (κ2) is 8.95. The molecule has 0 fully saturated rings. The number of ether oxygens (including phenoxy) is 2. The fourth-order valence-electron chi connectivity index (χ4n) is 3.38. The molecule has 0 saturated heterocycles. The van der Waals surface area contributed by atoms with Crippen LogP contribution in [0, 0.1) is 5.82 Å². The van der Waals surface area contributed by atoms with E-state index in [2.05, 4.69) is 10.1 Å². The van der Waals surface area contributed by atoms with E-state index in [9.17, 15) is 9.18 Å². The SMILES string of the molecule is COc1ccc(/C=C/c2nc3s/c(=C\c4ccc(-c5ccc(F)cc5)o4)c(=O)n3n2)cc1OC. The van der Waals surface area contributed by atoms with Crippen molar-refractivity contribution in [2.24, 2.45) is 0 Å². The minimum absolute atomic E-state index is 0.280. The van der Waals surface area contributed by atoms with Crippen LogP contribution in [-0.4, -0.2) is 28.8 Å². The molecule has 3 aromatic heterocycles. The summed E-state index contributed by atoms with van der Waals surface area (Å²) in [4.78, 5) is 17.7. The summed E-state index contributed by atoms with van der Waals surface area (Å²) < 4.78 is 31.2. The lowest BCUT2D eigenvalue weighted by Gasteiger charge is -2.07. The van der Waals surface area contributed by atoms with Crippen LogP contribution in [0.4, 0.5) is 4.39 Å². The zero-order valence-corrected chi connectivity index (χ0v) is 19.0. The highest BCUT2D eigenvalue weighted by Crippen LogP contribution is 2.28. The van der Waals surface area contributed by atoms with Crippen molar-refractivity contribution in [1.82, 2.24) is 14.6 Å². The van der Waals surface area contributed by atoms with Crippen LogP contribution in [0.1, 0.15) is 17.1 Å². The Bertz CT molecular complexity index is 1620. The molecule has 9 heteroatoms. The largest absolute Gasteiger partial charge is 0.493 e. The predicted molar refractivity (Wildman–Crippen MR) is 128 cm³/mol. The Morgan fingerprint density at radius 1 is 1.00 bits per heavy atom. The molecule has 34 heavy (non-hydrogen) atoms. The van der Waals surface area contributed by atoms with Crippen molar-refractivity contribution >= 4 is 34.5 Å². The van der Waals surface area contributed by atoms with E-state index in [4.69, 9.17) is 13.9 Å². The lowest BCUT2D eigenvalue weighted by molar-refractivity contribution is 0.355. The van der Waals surface area contributed by atoms with Gasteiger partial charge in [0, 0.05) is 11.6 Å². The van der Waals surface area contributed by atoms with Crippen LogP contribution in [0.5, 0.6) is 11.5 Å². The summed E-state index contributed by atoms with van der Waals surface area (Å²) in [6.45, 7) is 0. The van der Waals surface area contributed by atoms with E-state index < -0.39 is 0 Å². The molecule has 0 saturated carbocycles. The molecule has 0 aliphatic rings. The van der Waals surface area contributed by atoms with Gasteiger partial charge in [0.15, 0.2) is 17.3 Å². The third kappa shape index (κ3) is 4.20. The molecule has 170 valence electrons. The van der Waals surface area contributed by atoms with Gasteiger partial charge in [0.1, 0.15) is 21.9 Å². The summed E-state index contributed by atoms with van der Waals surface area (Å²) in [7, 11) is 3.16. The predicted octanol–water partition coefficient (Wildman–Crippen LogP) is 4.29. The number of furan rings is 1. The molecular formula is C25H18FN3O4S. The maximum Gasteiger partial charge on any atom is 0.291 e. The number of halogens is 1. The summed E-state index contributed by atoms with van der Waals surface area (Å²) in [6, 6.07) is 15.1. The summed E-state index contributed by atoms with van der Waals surface area (Å²) >= 11 is 1.22. The first-order chi connectivity index (χ1) is 16.5. The van der Waals surface area contributed by atoms with Gasteiger partial charge in [-0.1, -0.05) is 23.5 Å². The smallest absolute Gasteiger partial charge is 0.291 e. The molecule has 0 aliphatic heterocycles. The van der Waals surface area contributed by atoms with Gasteiger partial charge in [0.25, 0.3) is 5.56 Å². The van der Waals surface area contributed by atoms with Gasteiger partial charge in [0.05, 0.1) is 14.2 Å². The number of benzene rings is 2. The zero-order valence-electron chi connectivity index (χ0n) is 18.2. The Kier molecular flexibility index (Phi) is 5.69. The lowest BCUT2D eigenvalue weighted by Crippen LogP contribution is -2.23. The van der Waals surface area contributed by atoms with Gasteiger partial charge in [-0.2, -0.15) is 9.50 Å².